The highest BCUT2D eigenvalue weighted by Gasteiger charge is 2.51. The first-order chi connectivity index (χ1) is 15.0. The molecule has 4 bridgehead atoms. The molecule has 4 aliphatic carbocycles. The largest absolute Gasteiger partial charge is 0.379 e. The summed E-state index contributed by atoms with van der Waals surface area (Å²) in [6.45, 7) is 0. The lowest BCUT2D eigenvalue weighted by molar-refractivity contribution is 0.0107. The maximum Gasteiger partial charge on any atom is 0.252 e. The number of nitrogens with two attached hydrogens (primary N) is 1. The van der Waals surface area contributed by atoms with Gasteiger partial charge in [-0.15, -0.1) is 0 Å². The summed E-state index contributed by atoms with van der Waals surface area (Å²) in [5.41, 5.74) is 8.18. The van der Waals surface area contributed by atoms with Crippen molar-refractivity contribution in [2.45, 2.75) is 44.1 Å². The maximum absolute atomic E-state index is 12.2. The minimum atomic E-state index is -0.472. The summed E-state index contributed by atoms with van der Waals surface area (Å²) in [7, 11) is 0. The van der Waals surface area contributed by atoms with Crippen molar-refractivity contribution < 1.29 is 4.79 Å². The SMILES string of the molecule is N#Cc1cnc2c(ccn2-c2cc(NC34CC5CC(CC(C5)C3)C4)c(C(N)=O)cn2)c1. The van der Waals surface area contributed by atoms with Crippen LogP contribution in [0, 0.1) is 29.1 Å². The molecule has 4 aliphatic rings. The van der Waals surface area contributed by atoms with E-state index in [2.05, 4.69) is 21.4 Å². The third-order valence-corrected chi connectivity index (χ3v) is 7.50. The molecule has 3 heterocycles. The molecule has 0 atom stereocenters. The molecule has 1 amide bonds. The van der Waals surface area contributed by atoms with Gasteiger partial charge < -0.3 is 11.1 Å². The summed E-state index contributed by atoms with van der Waals surface area (Å²) in [6, 6.07) is 7.76. The fraction of sp³-hybridized carbons (Fsp3) is 0.417. The first kappa shape index (κ1) is 18.4. The topological polar surface area (TPSA) is 110 Å². The van der Waals surface area contributed by atoms with Crippen LogP contribution in [0.4, 0.5) is 5.69 Å². The van der Waals surface area contributed by atoms with Crippen molar-refractivity contribution in [2.24, 2.45) is 23.5 Å². The van der Waals surface area contributed by atoms with Crippen molar-refractivity contribution in [1.82, 2.24) is 14.5 Å². The molecule has 7 nitrogen and oxygen atoms in total. The molecule has 0 aliphatic heterocycles. The predicted octanol–water partition coefficient (Wildman–Crippen LogP) is 3.77. The molecule has 156 valence electrons. The van der Waals surface area contributed by atoms with Crippen LogP contribution in [0.3, 0.4) is 0 Å². The average molecular weight is 412 g/mol. The van der Waals surface area contributed by atoms with E-state index in [4.69, 9.17) is 11.0 Å². The van der Waals surface area contributed by atoms with Crippen LogP contribution >= 0.6 is 0 Å². The highest BCUT2D eigenvalue weighted by atomic mass is 16.1. The van der Waals surface area contributed by atoms with Crippen LogP contribution in [0.25, 0.3) is 16.9 Å². The Labute approximate surface area is 180 Å². The van der Waals surface area contributed by atoms with E-state index in [9.17, 15) is 4.79 Å². The summed E-state index contributed by atoms with van der Waals surface area (Å²) < 4.78 is 1.88. The number of nitriles is 1. The molecule has 0 spiro atoms. The number of primary amides is 1. The second-order valence-corrected chi connectivity index (χ2v) is 9.71. The minimum absolute atomic E-state index is 0.0519. The Hall–Kier alpha value is -3.40. The quantitative estimate of drug-likeness (QED) is 0.678. The van der Waals surface area contributed by atoms with Crippen LogP contribution in [-0.2, 0) is 0 Å². The number of aromatic nitrogens is 3. The Morgan fingerprint density at radius 2 is 1.84 bits per heavy atom. The second-order valence-electron chi connectivity index (χ2n) is 9.71. The van der Waals surface area contributed by atoms with Crippen molar-refractivity contribution in [1.29, 1.82) is 5.26 Å². The standard InChI is InChI=1S/C24H24N6O/c25-11-17-6-18-1-2-30(23(18)28-12-17)21-7-20(19(13-27-21)22(26)31)29-24-8-14-3-15(9-24)5-16(4-14)10-24/h1-2,6-7,12-16H,3-5,8-10H2,(H2,26,31)(H,27,29). The summed E-state index contributed by atoms with van der Waals surface area (Å²) in [5.74, 6) is 2.59. The van der Waals surface area contributed by atoms with Crippen LogP contribution in [0.1, 0.15) is 54.4 Å². The Morgan fingerprint density at radius 3 is 2.48 bits per heavy atom. The van der Waals surface area contributed by atoms with Gasteiger partial charge in [-0.2, -0.15) is 5.26 Å². The number of carbonyl (C=O) groups excluding carboxylic acids is 1. The molecule has 7 heteroatoms. The van der Waals surface area contributed by atoms with Gasteiger partial charge >= 0.3 is 0 Å². The van der Waals surface area contributed by atoms with E-state index in [1.54, 1.807) is 12.4 Å². The lowest BCUT2D eigenvalue weighted by Crippen LogP contribution is -2.55. The zero-order valence-electron chi connectivity index (χ0n) is 17.2. The lowest BCUT2D eigenvalue weighted by Gasteiger charge is -2.57. The smallest absolute Gasteiger partial charge is 0.252 e. The van der Waals surface area contributed by atoms with E-state index in [0.717, 1.165) is 34.5 Å². The Kier molecular flexibility index (Phi) is 3.88. The first-order valence-corrected chi connectivity index (χ1v) is 11.0. The van der Waals surface area contributed by atoms with E-state index < -0.39 is 5.91 Å². The molecule has 3 aromatic heterocycles. The van der Waals surface area contributed by atoms with Crippen LogP contribution < -0.4 is 11.1 Å². The molecule has 4 fully saturated rings. The van der Waals surface area contributed by atoms with Crippen LogP contribution in [0.15, 0.2) is 36.8 Å². The fourth-order valence-electron chi connectivity index (χ4n) is 6.70. The number of nitrogens with zero attached hydrogens (tertiary/aromatic N) is 4. The second kappa shape index (κ2) is 6.55. The van der Waals surface area contributed by atoms with Gasteiger partial charge in [-0.25, -0.2) is 9.97 Å². The highest BCUT2D eigenvalue weighted by Crippen LogP contribution is 2.56. The molecule has 0 saturated heterocycles. The van der Waals surface area contributed by atoms with Crippen LogP contribution in [-0.4, -0.2) is 26.0 Å². The van der Waals surface area contributed by atoms with Gasteiger partial charge in [0.15, 0.2) is 0 Å². The number of hydrogen-bond donors (Lipinski definition) is 2. The van der Waals surface area contributed by atoms with Gasteiger partial charge in [0, 0.05) is 35.6 Å². The summed E-state index contributed by atoms with van der Waals surface area (Å²) in [4.78, 5) is 21.1. The van der Waals surface area contributed by atoms with Gasteiger partial charge in [-0.05, 0) is 68.4 Å². The third-order valence-electron chi connectivity index (χ3n) is 7.50. The van der Waals surface area contributed by atoms with Gasteiger partial charge in [0.2, 0.25) is 0 Å². The van der Waals surface area contributed by atoms with E-state index in [0.29, 0.717) is 16.9 Å². The van der Waals surface area contributed by atoms with Crippen molar-refractivity contribution in [3.8, 4) is 11.9 Å². The fourth-order valence-corrected chi connectivity index (χ4v) is 6.70. The number of carbonyl (C=O) groups is 1. The zero-order chi connectivity index (χ0) is 21.2. The summed E-state index contributed by atoms with van der Waals surface area (Å²) >= 11 is 0. The maximum atomic E-state index is 12.2. The normalized spacial score (nSPS) is 28.5. The van der Waals surface area contributed by atoms with E-state index in [-0.39, 0.29) is 5.54 Å². The zero-order valence-corrected chi connectivity index (χ0v) is 17.2. The van der Waals surface area contributed by atoms with E-state index in [1.807, 2.05) is 29.0 Å². The minimum Gasteiger partial charge on any atom is -0.379 e. The van der Waals surface area contributed by atoms with Crippen molar-refractivity contribution in [2.75, 3.05) is 5.32 Å². The van der Waals surface area contributed by atoms with Gasteiger partial charge in [-0.3, -0.25) is 9.36 Å². The van der Waals surface area contributed by atoms with Gasteiger partial charge in [0.1, 0.15) is 17.5 Å². The van der Waals surface area contributed by atoms with Crippen LogP contribution in [0.5, 0.6) is 0 Å². The number of fused-ring (bicyclic) bond motifs is 1. The molecular formula is C24H24N6O. The number of pyridine rings is 2. The third kappa shape index (κ3) is 2.97. The van der Waals surface area contributed by atoms with Gasteiger partial charge in [0.25, 0.3) is 5.91 Å². The number of anilines is 1. The molecule has 31 heavy (non-hydrogen) atoms. The van der Waals surface area contributed by atoms with Gasteiger partial charge in [0.05, 0.1) is 16.8 Å². The molecule has 0 radical (unpaired) electrons. The highest BCUT2D eigenvalue weighted by molar-refractivity contribution is 5.98. The number of rotatable bonds is 4. The molecule has 0 unspecified atom stereocenters. The predicted molar refractivity (Wildman–Crippen MR) is 117 cm³/mol. The lowest BCUT2D eigenvalue weighted by atomic mass is 9.53. The van der Waals surface area contributed by atoms with Crippen molar-refractivity contribution in [3.05, 3.63) is 47.9 Å². The molecule has 3 aromatic rings. The molecule has 0 aromatic carbocycles. The number of nitrogens with one attached hydrogen (secondary N) is 1. The molecule has 7 rings (SSSR count). The van der Waals surface area contributed by atoms with Crippen molar-refractivity contribution in [3.63, 3.8) is 0 Å². The Bertz CT molecular complexity index is 1220. The summed E-state index contributed by atoms with van der Waals surface area (Å²) in [5, 5.41) is 13.8. The van der Waals surface area contributed by atoms with Gasteiger partial charge in [-0.1, -0.05) is 0 Å². The summed E-state index contributed by atoms with van der Waals surface area (Å²) in [6.07, 6.45) is 12.6. The molecular weight excluding hydrogens is 388 g/mol. The molecule has 3 N–H and O–H groups in total. The Balaban J connectivity index is 1.41. The van der Waals surface area contributed by atoms with E-state index >= 15 is 0 Å². The average Bonchev–Trinajstić information content (AvgIpc) is 3.15. The van der Waals surface area contributed by atoms with Crippen LogP contribution in [0.2, 0.25) is 0 Å². The number of amides is 1. The molecule has 4 saturated carbocycles. The number of hydrogen-bond acceptors (Lipinski definition) is 5. The monoisotopic (exact) mass is 412 g/mol. The van der Waals surface area contributed by atoms with E-state index in [1.165, 1.54) is 38.5 Å². The van der Waals surface area contributed by atoms with Crippen molar-refractivity contribution >= 4 is 22.6 Å². The Morgan fingerprint density at radius 1 is 1.13 bits per heavy atom. The first-order valence-electron chi connectivity index (χ1n) is 11.0.